The Morgan fingerprint density at radius 3 is 2.43 bits per heavy atom. The summed E-state index contributed by atoms with van der Waals surface area (Å²) in [7, 11) is 4.07. The molecule has 116 valence electrons. The number of hydrogen-bond acceptors (Lipinski definition) is 3. The van der Waals surface area contributed by atoms with Crippen molar-refractivity contribution in [3.8, 4) is 0 Å². The zero-order chi connectivity index (χ0) is 15.6. The first-order chi connectivity index (χ1) is 9.87. The van der Waals surface area contributed by atoms with Gasteiger partial charge in [-0.15, -0.1) is 0 Å². The predicted molar refractivity (Wildman–Crippen MR) is 86.0 cm³/mol. The number of aryl methyl sites for hydroxylation is 1. The summed E-state index contributed by atoms with van der Waals surface area (Å²) in [6.45, 7) is 7.76. The second kappa shape index (κ2) is 6.16. The molecule has 1 aliphatic rings. The molecule has 0 aromatic heterocycles. The fourth-order valence-electron chi connectivity index (χ4n) is 2.68. The van der Waals surface area contributed by atoms with Crippen LogP contribution in [0, 0.1) is 6.92 Å². The average Bonchev–Trinajstić information content (AvgIpc) is 2.70. The monoisotopic (exact) mass is 289 g/mol. The average molecular weight is 289 g/mol. The molecule has 1 aromatic carbocycles. The van der Waals surface area contributed by atoms with E-state index in [1.807, 2.05) is 25.9 Å². The number of rotatable bonds is 5. The molecular weight excluding hydrogens is 262 g/mol. The Balaban J connectivity index is 2.27. The number of nitrogens with zero attached hydrogens (tertiary/aromatic N) is 2. The van der Waals surface area contributed by atoms with Crippen LogP contribution >= 0.6 is 0 Å². The number of likely N-dealkylation sites (N-methyl/N-ethyl adjacent to an activating group) is 1. The van der Waals surface area contributed by atoms with Crippen LogP contribution in [0.2, 0.25) is 0 Å². The van der Waals surface area contributed by atoms with Crippen LogP contribution in [-0.4, -0.2) is 48.4 Å². The van der Waals surface area contributed by atoms with E-state index in [1.54, 1.807) is 0 Å². The molecule has 1 aliphatic heterocycles. The van der Waals surface area contributed by atoms with Crippen LogP contribution in [0.5, 0.6) is 0 Å². The Morgan fingerprint density at radius 2 is 1.90 bits per heavy atom. The van der Waals surface area contributed by atoms with Crippen LogP contribution in [0.4, 0.5) is 0 Å². The largest absolute Gasteiger partial charge is 0.320 e. The molecule has 0 spiro atoms. The standard InChI is InChI=1S/C17H27N3O/c1-6-17(3)16(21)20(12-11-19(4)5)15(18-17)14-9-7-13(2)8-10-14/h7-10,15,18H,6,11-12H2,1-5H3. The molecule has 0 saturated carbocycles. The van der Waals surface area contributed by atoms with E-state index in [-0.39, 0.29) is 12.1 Å². The van der Waals surface area contributed by atoms with Crippen LogP contribution < -0.4 is 5.32 Å². The van der Waals surface area contributed by atoms with Crippen molar-refractivity contribution in [3.63, 3.8) is 0 Å². The van der Waals surface area contributed by atoms with Gasteiger partial charge in [-0.3, -0.25) is 10.1 Å². The number of benzene rings is 1. The SMILES string of the molecule is CCC1(C)NC(c2ccc(C)cc2)N(CCN(C)C)C1=O. The zero-order valence-corrected chi connectivity index (χ0v) is 13.8. The lowest BCUT2D eigenvalue weighted by atomic mass is 9.99. The fraction of sp³-hybridized carbons (Fsp3) is 0.588. The van der Waals surface area contributed by atoms with Crippen LogP contribution in [0.3, 0.4) is 0 Å². The molecule has 1 amide bonds. The van der Waals surface area contributed by atoms with Gasteiger partial charge in [0.05, 0.1) is 5.54 Å². The lowest BCUT2D eigenvalue weighted by molar-refractivity contribution is -0.133. The van der Waals surface area contributed by atoms with Gasteiger partial charge in [-0.25, -0.2) is 0 Å². The Bertz CT molecular complexity index is 497. The van der Waals surface area contributed by atoms with Crippen molar-refractivity contribution in [1.29, 1.82) is 0 Å². The smallest absolute Gasteiger partial charge is 0.244 e. The van der Waals surface area contributed by atoms with Crippen LogP contribution in [0.25, 0.3) is 0 Å². The first-order valence-corrected chi connectivity index (χ1v) is 7.67. The van der Waals surface area contributed by atoms with E-state index in [9.17, 15) is 4.79 Å². The van der Waals surface area contributed by atoms with E-state index >= 15 is 0 Å². The number of carbonyl (C=O) groups is 1. The maximum Gasteiger partial charge on any atom is 0.244 e. The zero-order valence-electron chi connectivity index (χ0n) is 13.8. The van der Waals surface area contributed by atoms with Gasteiger partial charge in [-0.2, -0.15) is 0 Å². The first kappa shape index (κ1) is 16.0. The molecule has 1 saturated heterocycles. The summed E-state index contributed by atoms with van der Waals surface area (Å²) < 4.78 is 0. The molecule has 4 nitrogen and oxygen atoms in total. The van der Waals surface area contributed by atoms with Gasteiger partial charge in [0, 0.05) is 13.1 Å². The summed E-state index contributed by atoms with van der Waals surface area (Å²) in [6.07, 6.45) is 0.773. The molecule has 4 heteroatoms. The molecule has 2 rings (SSSR count). The van der Waals surface area contributed by atoms with E-state index in [2.05, 4.69) is 48.3 Å². The Kier molecular flexibility index (Phi) is 4.69. The van der Waals surface area contributed by atoms with E-state index < -0.39 is 5.54 Å². The van der Waals surface area contributed by atoms with E-state index in [1.165, 1.54) is 5.56 Å². The topological polar surface area (TPSA) is 35.6 Å². The molecule has 1 N–H and O–H groups in total. The van der Waals surface area contributed by atoms with Crippen molar-refractivity contribution >= 4 is 5.91 Å². The molecule has 0 radical (unpaired) electrons. The van der Waals surface area contributed by atoms with Crippen molar-refractivity contribution in [2.75, 3.05) is 27.2 Å². The fourth-order valence-corrected chi connectivity index (χ4v) is 2.68. The summed E-state index contributed by atoms with van der Waals surface area (Å²) in [5, 5.41) is 3.53. The molecule has 1 aromatic rings. The van der Waals surface area contributed by atoms with Crippen molar-refractivity contribution in [2.45, 2.75) is 38.9 Å². The van der Waals surface area contributed by atoms with Gasteiger partial charge in [0.2, 0.25) is 5.91 Å². The lowest BCUT2D eigenvalue weighted by Crippen LogP contribution is -2.43. The van der Waals surface area contributed by atoms with Crippen molar-refractivity contribution < 1.29 is 4.79 Å². The molecule has 2 unspecified atom stereocenters. The number of nitrogens with one attached hydrogen (secondary N) is 1. The highest BCUT2D eigenvalue weighted by Gasteiger charge is 2.46. The Morgan fingerprint density at radius 1 is 1.29 bits per heavy atom. The Hall–Kier alpha value is -1.39. The normalized spacial score (nSPS) is 25.9. The predicted octanol–water partition coefficient (Wildman–Crippen LogP) is 2.16. The third kappa shape index (κ3) is 3.27. The third-order valence-electron chi connectivity index (χ3n) is 4.39. The van der Waals surface area contributed by atoms with Crippen molar-refractivity contribution in [2.24, 2.45) is 0 Å². The number of carbonyl (C=O) groups excluding carboxylic acids is 1. The van der Waals surface area contributed by atoms with Crippen LogP contribution in [0.15, 0.2) is 24.3 Å². The van der Waals surface area contributed by atoms with Gasteiger partial charge in [-0.05, 0) is 39.9 Å². The van der Waals surface area contributed by atoms with E-state index in [0.29, 0.717) is 0 Å². The van der Waals surface area contributed by atoms with Gasteiger partial charge in [0.15, 0.2) is 0 Å². The summed E-state index contributed by atoms with van der Waals surface area (Å²) in [6, 6.07) is 8.44. The highest BCUT2D eigenvalue weighted by Crippen LogP contribution is 2.32. The molecular formula is C17H27N3O. The van der Waals surface area contributed by atoms with Gasteiger partial charge in [0.25, 0.3) is 0 Å². The highest BCUT2D eigenvalue weighted by molar-refractivity contribution is 5.88. The van der Waals surface area contributed by atoms with E-state index in [0.717, 1.165) is 25.1 Å². The quantitative estimate of drug-likeness (QED) is 0.902. The van der Waals surface area contributed by atoms with E-state index in [4.69, 9.17) is 0 Å². The van der Waals surface area contributed by atoms with Gasteiger partial charge < -0.3 is 9.80 Å². The van der Waals surface area contributed by atoms with Crippen LogP contribution in [-0.2, 0) is 4.79 Å². The second-order valence-corrected chi connectivity index (χ2v) is 6.45. The van der Waals surface area contributed by atoms with Gasteiger partial charge in [0.1, 0.15) is 6.17 Å². The van der Waals surface area contributed by atoms with Crippen molar-refractivity contribution in [1.82, 2.24) is 15.1 Å². The van der Waals surface area contributed by atoms with Gasteiger partial charge >= 0.3 is 0 Å². The highest BCUT2D eigenvalue weighted by atomic mass is 16.2. The molecule has 2 atom stereocenters. The minimum Gasteiger partial charge on any atom is -0.320 e. The Labute approximate surface area is 128 Å². The third-order valence-corrected chi connectivity index (χ3v) is 4.39. The van der Waals surface area contributed by atoms with Crippen molar-refractivity contribution in [3.05, 3.63) is 35.4 Å². The summed E-state index contributed by atoms with van der Waals surface area (Å²) >= 11 is 0. The second-order valence-electron chi connectivity index (χ2n) is 6.45. The number of amides is 1. The molecule has 1 fully saturated rings. The first-order valence-electron chi connectivity index (χ1n) is 7.67. The number of hydrogen-bond donors (Lipinski definition) is 1. The molecule has 21 heavy (non-hydrogen) atoms. The summed E-state index contributed by atoms with van der Waals surface area (Å²) in [4.78, 5) is 16.9. The molecule has 1 heterocycles. The molecule has 0 bridgehead atoms. The summed E-state index contributed by atoms with van der Waals surface area (Å²) in [5.74, 6) is 0.206. The maximum atomic E-state index is 12.8. The molecule has 0 aliphatic carbocycles. The van der Waals surface area contributed by atoms with Gasteiger partial charge in [-0.1, -0.05) is 36.8 Å². The maximum absolute atomic E-state index is 12.8. The van der Waals surface area contributed by atoms with Crippen LogP contribution in [0.1, 0.15) is 37.6 Å². The summed E-state index contributed by atoms with van der Waals surface area (Å²) in [5.41, 5.74) is 1.94. The minimum atomic E-state index is -0.456. The minimum absolute atomic E-state index is 0.0250. The lowest BCUT2D eigenvalue weighted by Gasteiger charge is -2.26.